The summed E-state index contributed by atoms with van der Waals surface area (Å²) in [7, 11) is 1.62. The van der Waals surface area contributed by atoms with E-state index in [4.69, 9.17) is 4.74 Å². The van der Waals surface area contributed by atoms with Crippen molar-refractivity contribution in [1.82, 2.24) is 10.6 Å². The Kier molecular flexibility index (Phi) is 6.36. The van der Waals surface area contributed by atoms with E-state index < -0.39 is 0 Å². The fraction of sp³-hybridized carbons (Fsp3) is 0.500. The van der Waals surface area contributed by atoms with E-state index in [0.29, 0.717) is 26.1 Å². The molecule has 1 aliphatic rings. The molecule has 1 aromatic rings. The second-order valence-corrected chi connectivity index (χ2v) is 5.27. The van der Waals surface area contributed by atoms with Crippen LogP contribution in [0.1, 0.15) is 18.4 Å². The molecule has 0 unspecified atom stereocenters. The summed E-state index contributed by atoms with van der Waals surface area (Å²) in [5.41, 5.74) is 1.90. The maximum absolute atomic E-state index is 11.8. The largest absolute Gasteiger partial charge is 0.383 e. The molecule has 1 saturated heterocycles. The van der Waals surface area contributed by atoms with E-state index in [2.05, 4.69) is 10.6 Å². The molecule has 1 aliphatic heterocycles. The summed E-state index contributed by atoms with van der Waals surface area (Å²) in [6.07, 6.45) is 1.53. The van der Waals surface area contributed by atoms with Crippen LogP contribution < -0.4 is 15.5 Å². The van der Waals surface area contributed by atoms with Crippen LogP contribution in [-0.2, 0) is 20.9 Å². The molecule has 0 spiro atoms. The van der Waals surface area contributed by atoms with Gasteiger partial charge in [-0.3, -0.25) is 9.59 Å². The summed E-state index contributed by atoms with van der Waals surface area (Å²) < 4.78 is 4.90. The zero-order valence-corrected chi connectivity index (χ0v) is 12.9. The number of ether oxygens (including phenoxy) is 1. The molecule has 0 aliphatic carbocycles. The van der Waals surface area contributed by atoms with E-state index in [0.717, 1.165) is 24.2 Å². The smallest absolute Gasteiger partial charge is 0.234 e. The van der Waals surface area contributed by atoms with Crippen LogP contribution in [0.5, 0.6) is 0 Å². The van der Waals surface area contributed by atoms with Crippen LogP contribution in [0.4, 0.5) is 5.69 Å². The Morgan fingerprint density at radius 1 is 1.41 bits per heavy atom. The molecule has 6 nitrogen and oxygen atoms in total. The minimum absolute atomic E-state index is 0.0567. The normalized spacial score (nSPS) is 14.4. The Hall–Kier alpha value is -1.92. The molecule has 2 rings (SSSR count). The minimum atomic E-state index is -0.0567. The fourth-order valence-electron chi connectivity index (χ4n) is 2.39. The van der Waals surface area contributed by atoms with Crippen molar-refractivity contribution in [2.75, 3.05) is 38.3 Å². The number of carbonyl (C=O) groups excluding carboxylic acids is 2. The zero-order valence-electron chi connectivity index (χ0n) is 12.9. The van der Waals surface area contributed by atoms with E-state index in [9.17, 15) is 9.59 Å². The van der Waals surface area contributed by atoms with Gasteiger partial charge in [0.15, 0.2) is 0 Å². The van der Waals surface area contributed by atoms with Crippen LogP contribution in [0, 0.1) is 0 Å². The van der Waals surface area contributed by atoms with Crippen molar-refractivity contribution in [3.8, 4) is 0 Å². The molecule has 6 heteroatoms. The monoisotopic (exact) mass is 305 g/mol. The van der Waals surface area contributed by atoms with Crippen LogP contribution in [0.15, 0.2) is 24.3 Å². The first-order valence-corrected chi connectivity index (χ1v) is 7.56. The highest BCUT2D eigenvalue weighted by Crippen LogP contribution is 2.22. The molecule has 1 aromatic carbocycles. The number of hydrogen-bond acceptors (Lipinski definition) is 4. The second-order valence-electron chi connectivity index (χ2n) is 5.27. The molecule has 1 fully saturated rings. The number of hydrogen-bond donors (Lipinski definition) is 2. The van der Waals surface area contributed by atoms with Gasteiger partial charge >= 0.3 is 0 Å². The van der Waals surface area contributed by atoms with Gasteiger partial charge in [0.05, 0.1) is 13.2 Å². The molecule has 0 aromatic heterocycles. The Labute approximate surface area is 130 Å². The summed E-state index contributed by atoms with van der Waals surface area (Å²) in [6.45, 7) is 2.74. The van der Waals surface area contributed by atoms with Gasteiger partial charge in [-0.25, -0.2) is 0 Å². The molecule has 0 atom stereocenters. The lowest BCUT2D eigenvalue weighted by Crippen LogP contribution is -2.34. The van der Waals surface area contributed by atoms with Crippen LogP contribution in [0.3, 0.4) is 0 Å². The summed E-state index contributed by atoms with van der Waals surface area (Å²) in [4.78, 5) is 25.3. The molecule has 1 heterocycles. The maximum Gasteiger partial charge on any atom is 0.234 e. The average molecular weight is 305 g/mol. The number of anilines is 1. The lowest BCUT2D eigenvalue weighted by molar-refractivity contribution is -0.120. The van der Waals surface area contributed by atoms with Crippen LogP contribution in [0.2, 0.25) is 0 Å². The quantitative estimate of drug-likeness (QED) is 0.693. The topological polar surface area (TPSA) is 70.7 Å². The fourth-order valence-corrected chi connectivity index (χ4v) is 2.39. The number of nitrogens with zero attached hydrogens (tertiary/aromatic N) is 1. The number of methoxy groups -OCH3 is 1. The van der Waals surface area contributed by atoms with Gasteiger partial charge in [0, 0.05) is 38.9 Å². The number of nitrogens with one attached hydrogen (secondary N) is 2. The molecular weight excluding hydrogens is 282 g/mol. The molecule has 0 bridgehead atoms. The molecular formula is C16H23N3O3. The average Bonchev–Trinajstić information content (AvgIpc) is 2.96. The van der Waals surface area contributed by atoms with Crippen molar-refractivity contribution >= 4 is 17.5 Å². The molecule has 0 saturated carbocycles. The molecule has 2 amide bonds. The maximum atomic E-state index is 11.8. The van der Waals surface area contributed by atoms with Gasteiger partial charge in [0.2, 0.25) is 11.8 Å². The highest BCUT2D eigenvalue weighted by atomic mass is 16.5. The Balaban J connectivity index is 1.80. The summed E-state index contributed by atoms with van der Waals surface area (Å²) in [6, 6.07) is 7.75. The predicted molar refractivity (Wildman–Crippen MR) is 84.6 cm³/mol. The Morgan fingerprint density at radius 2 is 2.27 bits per heavy atom. The third-order valence-electron chi connectivity index (χ3n) is 3.55. The van der Waals surface area contributed by atoms with Gasteiger partial charge < -0.3 is 20.3 Å². The molecule has 2 N–H and O–H groups in total. The van der Waals surface area contributed by atoms with Crippen molar-refractivity contribution < 1.29 is 14.3 Å². The van der Waals surface area contributed by atoms with Gasteiger partial charge in [-0.2, -0.15) is 0 Å². The summed E-state index contributed by atoms with van der Waals surface area (Å²) in [5.74, 6) is 0.113. The summed E-state index contributed by atoms with van der Waals surface area (Å²) in [5, 5.41) is 5.85. The van der Waals surface area contributed by atoms with Crippen molar-refractivity contribution in [2.45, 2.75) is 19.4 Å². The third kappa shape index (κ3) is 4.82. The second kappa shape index (κ2) is 8.51. The summed E-state index contributed by atoms with van der Waals surface area (Å²) >= 11 is 0. The lowest BCUT2D eigenvalue weighted by Gasteiger charge is -2.16. The van der Waals surface area contributed by atoms with Gasteiger partial charge in [0.25, 0.3) is 0 Å². The van der Waals surface area contributed by atoms with Gasteiger partial charge in [0.1, 0.15) is 0 Å². The van der Waals surface area contributed by atoms with Gasteiger partial charge in [-0.05, 0) is 24.1 Å². The highest BCUT2D eigenvalue weighted by molar-refractivity contribution is 5.95. The van der Waals surface area contributed by atoms with E-state index in [1.54, 1.807) is 12.0 Å². The first kappa shape index (κ1) is 16.5. The Bertz CT molecular complexity index is 519. The van der Waals surface area contributed by atoms with E-state index >= 15 is 0 Å². The SMILES string of the molecule is COCCNCC(=O)NCc1cccc(N2CCCC2=O)c1. The van der Waals surface area contributed by atoms with Crippen LogP contribution >= 0.6 is 0 Å². The zero-order chi connectivity index (χ0) is 15.8. The van der Waals surface area contributed by atoms with Gasteiger partial charge in [-0.15, -0.1) is 0 Å². The molecule has 0 radical (unpaired) electrons. The number of benzene rings is 1. The van der Waals surface area contributed by atoms with Crippen LogP contribution in [-0.4, -0.2) is 45.2 Å². The highest BCUT2D eigenvalue weighted by Gasteiger charge is 2.21. The van der Waals surface area contributed by atoms with E-state index in [1.165, 1.54) is 0 Å². The minimum Gasteiger partial charge on any atom is -0.383 e. The first-order valence-electron chi connectivity index (χ1n) is 7.56. The van der Waals surface area contributed by atoms with Crippen LogP contribution in [0.25, 0.3) is 0 Å². The number of carbonyl (C=O) groups is 2. The predicted octanol–water partition coefficient (Wildman–Crippen LogP) is 0.666. The van der Waals surface area contributed by atoms with Crippen molar-refractivity contribution in [1.29, 1.82) is 0 Å². The van der Waals surface area contributed by atoms with E-state index in [-0.39, 0.29) is 18.4 Å². The Morgan fingerprint density at radius 3 is 3.00 bits per heavy atom. The molecule has 120 valence electrons. The number of amides is 2. The van der Waals surface area contributed by atoms with Crippen molar-refractivity contribution in [3.05, 3.63) is 29.8 Å². The third-order valence-corrected chi connectivity index (χ3v) is 3.55. The first-order chi connectivity index (χ1) is 10.7. The van der Waals surface area contributed by atoms with Crippen molar-refractivity contribution in [3.63, 3.8) is 0 Å². The standard InChI is InChI=1S/C16H23N3O3/c1-22-9-7-17-12-15(20)18-11-13-4-2-5-14(10-13)19-8-3-6-16(19)21/h2,4-5,10,17H,3,6-9,11-12H2,1H3,(H,18,20). The van der Waals surface area contributed by atoms with E-state index in [1.807, 2.05) is 24.3 Å². The van der Waals surface area contributed by atoms with Crippen molar-refractivity contribution in [2.24, 2.45) is 0 Å². The molecule has 22 heavy (non-hydrogen) atoms. The lowest BCUT2D eigenvalue weighted by atomic mass is 10.2. The number of rotatable bonds is 8. The van der Waals surface area contributed by atoms with Gasteiger partial charge in [-0.1, -0.05) is 12.1 Å².